The van der Waals surface area contributed by atoms with Crippen molar-refractivity contribution >= 4 is 60.9 Å². The number of aromatic nitrogens is 1. The summed E-state index contributed by atoms with van der Waals surface area (Å²) in [4.78, 5) is 27.9. The quantitative estimate of drug-likeness (QED) is 0.290. The van der Waals surface area contributed by atoms with Gasteiger partial charge in [0.15, 0.2) is 15.6 Å². The van der Waals surface area contributed by atoms with Crippen molar-refractivity contribution in [2.75, 3.05) is 19.8 Å². The van der Waals surface area contributed by atoms with Crippen LogP contribution in [0.3, 0.4) is 0 Å². The molecule has 2 heterocycles. The molecular weight excluding hydrogens is 539 g/mol. The SMILES string of the molecule is Cc1ccc2c(=O)n(-c3ccc(CC(=O)CS(=O)(=O)c4ccc(Cl)s4)cc3Cl)cc(CN(C)C)c2c1. The van der Waals surface area contributed by atoms with Gasteiger partial charge in [-0.2, -0.15) is 0 Å². The summed E-state index contributed by atoms with van der Waals surface area (Å²) in [5.41, 5.74) is 2.90. The summed E-state index contributed by atoms with van der Waals surface area (Å²) in [6.07, 6.45) is 1.70. The predicted octanol–water partition coefficient (Wildman–Crippen LogP) is 5.31. The first-order valence-electron chi connectivity index (χ1n) is 11.0. The topological polar surface area (TPSA) is 76.5 Å². The van der Waals surface area contributed by atoms with Crippen molar-refractivity contribution in [2.24, 2.45) is 0 Å². The van der Waals surface area contributed by atoms with Crippen molar-refractivity contribution in [1.82, 2.24) is 9.47 Å². The van der Waals surface area contributed by atoms with E-state index in [0.29, 0.717) is 27.5 Å². The van der Waals surface area contributed by atoms with E-state index >= 15 is 0 Å². The molecule has 2 aromatic heterocycles. The van der Waals surface area contributed by atoms with Crippen LogP contribution in [-0.4, -0.2) is 43.5 Å². The molecule has 0 unspecified atom stereocenters. The van der Waals surface area contributed by atoms with Crippen molar-refractivity contribution in [3.63, 3.8) is 0 Å². The lowest BCUT2D eigenvalue weighted by Crippen LogP contribution is -2.22. The summed E-state index contributed by atoms with van der Waals surface area (Å²) in [7, 11) is 0.161. The summed E-state index contributed by atoms with van der Waals surface area (Å²) >= 11 is 13.3. The third-order valence-electron chi connectivity index (χ3n) is 5.62. The standard InChI is InChI=1S/C26H24Cl2N2O4S2/c1-16-4-6-20-21(10-16)18(13-29(2)3)14-30(26(20)32)23-7-5-17(12-22(23)27)11-19(31)15-36(33,34)25-9-8-24(28)35-25/h4-10,12,14H,11,13,15H2,1-3H3. The van der Waals surface area contributed by atoms with Crippen LogP contribution in [0.1, 0.15) is 16.7 Å². The van der Waals surface area contributed by atoms with E-state index in [1.165, 1.54) is 16.7 Å². The summed E-state index contributed by atoms with van der Waals surface area (Å²) in [5.74, 6) is -1.09. The van der Waals surface area contributed by atoms with Gasteiger partial charge in [0.1, 0.15) is 9.96 Å². The summed E-state index contributed by atoms with van der Waals surface area (Å²) in [5, 5.41) is 1.78. The maximum absolute atomic E-state index is 13.3. The second-order valence-corrected chi connectivity index (χ2v) is 13.3. The van der Waals surface area contributed by atoms with Crippen molar-refractivity contribution in [3.05, 3.63) is 91.1 Å². The summed E-state index contributed by atoms with van der Waals surface area (Å²) in [6, 6.07) is 13.6. The Hall–Kier alpha value is -2.49. The zero-order valence-electron chi connectivity index (χ0n) is 19.9. The fourth-order valence-corrected chi connectivity index (χ4v) is 7.16. The zero-order chi connectivity index (χ0) is 26.2. The number of nitrogens with zero attached hydrogens (tertiary/aromatic N) is 2. The minimum atomic E-state index is -3.76. The molecule has 0 N–H and O–H groups in total. The van der Waals surface area contributed by atoms with Gasteiger partial charge >= 0.3 is 0 Å². The van der Waals surface area contributed by atoms with Crippen LogP contribution in [0.2, 0.25) is 9.36 Å². The fraction of sp³-hybridized carbons (Fsp3) is 0.231. The van der Waals surface area contributed by atoms with Gasteiger partial charge in [-0.15, -0.1) is 11.3 Å². The smallest absolute Gasteiger partial charge is 0.263 e. The normalized spacial score (nSPS) is 11.9. The Balaban J connectivity index is 1.64. The minimum absolute atomic E-state index is 0.0635. The Bertz CT molecular complexity index is 1640. The second-order valence-electron chi connectivity index (χ2n) is 8.94. The van der Waals surface area contributed by atoms with Crippen molar-refractivity contribution < 1.29 is 13.2 Å². The maximum Gasteiger partial charge on any atom is 0.263 e. The van der Waals surface area contributed by atoms with Crippen LogP contribution in [0.4, 0.5) is 0 Å². The number of hydrogen-bond acceptors (Lipinski definition) is 6. The van der Waals surface area contributed by atoms with E-state index in [-0.39, 0.29) is 21.2 Å². The Labute approximate surface area is 223 Å². The van der Waals surface area contributed by atoms with E-state index in [2.05, 4.69) is 0 Å². The molecule has 0 radical (unpaired) electrons. The van der Waals surface area contributed by atoms with Gasteiger partial charge in [-0.05, 0) is 67.9 Å². The zero-order valence-corrected chi connectivity index (χ0v) is 23.1. The lowest BCUT2D eigenvalue weighted by molar-refractivity contribution is -0.116. The first kappa shape index (κ1) is 26.6. The van der Waals surface area contributed by atoms with Crippen LogP contribution < -0.4 is 5.56 Å². The Morgan fingerprint density at radius 3 is 2.42 bits per heavy atom. The fourth-order valence-electron chi connectivity index (χ4n) is 4.05. The first-order valence-corrected chi connectivity index (χ1v) is 14.3. The van der Waals surface area contributed by atoms with Crippen LogP contribution in [0, 0.1) is 6.92 Å². The summed E-state index contributed by atoms with van der Waals surface area (Å²) in [6.45, 7) is 2.62. The monoisotopic (exact) mass is 562 g/mol. The number of Topliss-reactive ketones (excluding diaryl/α,β-unsaturated/α-hetero) is 1. The molecule has 0 fully saturated rings. The maximum atomic E-state index is 13.3. The number of hydrogen-bond donors (Lipinski definition) is 0. The molecule has 2 aromatic carbocycles. The van der Waals surface area contributed by atoms with Gasteiger partial charge in [0.05, 0.1) is 15.0 Å². The molecule has 0 aliphatic rings. The molecule has 0 amide bonds. The van der Waals surface area contributed by atoms with Gasteiger partial charge in [0.25, 0.3) is 5.56 Å². The average molecular weight is 564 g/mol. The number of pyridine rings is 1. The molecule has 0 atom stereocenters. The van der Waals surface area contributed by atoms with Crippen LogP contribution >= 0.6 is 34.5 Å². The highest BCUT2D eigenvalue weighted by Crippen LogP contribution is 2.28. The number of rotatable bonds is 8. The van der Waals surface area contributed by atoms with Crippen LogP contribution in [0.25, 0.3) is 16.5 Å². The third kappa shape index (κ3) is 5.74. The average Bonchev–Trinajstić information content (AvgIpc) is 3.23. The van der Waals surface area contributed by atoms with Crippen molar-refractivity contribution in [3.8, 4) is 5.69 Å². The number of halogens is 2. The van der Waals surface area contributed by atoms with Gasteiger partial charge in [-0.3, -0.25) is 14.2 Å². The molecule has 6 nitrogen and oxygen atoms in total. The number of ketones is 1. The molecule has 0 saturated heterocycles. The predicted molar refractivity (Wildman–Crippen MR) is 147 cm³/mol. The molecule has 188 valence electrons. The van der Waals surface area contributed by atoms with Crippen molar-refractivity contribution in [1.29, 1.82) is 0 Å². The molecule has 4 rings (SSSR count). The van der Waals surface area contributed by atoms with E-state index in [1.807, 2.05) is 44.1 Å². The molecule has 10 heteroatoms. The highest BCUT2D eigenvalue weighted by Gasteiger charge is 2.22. The molecule has 0 aliphatic heterocycles. The van der Waals surface area contributed by atoms with Crippen molar-refractivity contribution in [2.45, 2.75) is 24.1 Å². The molecular formula is C26H24Cl2N2O4S2. The molecule has 0 saturated carbocycles. The number of sulfone groups is 1. The van der Waals surface area contributed by atoms with Crippen LogP contribution in [0.5, 0.6) is 0 Å². The number of aryl methyl sites for hydroxylation is 1. The Kier molecular flexibility index (Phi) is 7.73. The highest BCUT2D eigenvalue weighted by atomic mass is 35.5. The number of carbonyl (C=O) groups excluding carboxylic acids is 1. The Morgan fingerprint density at radius 2 is 1.78 bits per heavy atom. The minimum Gasteiger partial charge on any atom is -0.305 e. The third-order valence-corrected chi connectivity index (χ3v) is 9.41. The lowest BCUT2D eigenvalue weighted by atomic mass is 10.0. The number of benzene rings is 2. The molecule has 0 bridgehead atoms. The Morgan fingerprint density at radius 1 is 1.03 bits per heavy atom. The molecule has 4 aromatic rings. The van der Waals surface area contributed by atoms with E-state index in [0.717, 1.165) is 27.8 Å². The molecule has 36 heavy (non-hydrogen) atoms. The molecule has 0 spiro atoms. The highest BCUT2D eigenvalue weighted by molar-refractivity contribution is 7.94. The van der Waals surface area contributed by atoms with Crippen LogP contribution in [-0.2, 0) is 27.6 Å². The van der Waals surface area contributed by atoms with E-state index < -0.39 is 21.4 Å². The largest absolute Gasteiger partial charge is 0.305 e. The van der Waals surface area contributed by atoms with Gasteiger partial charge in [-0.1, -0.05) is 47.0 Å². The van der Waals surface area contributed by atoms with Gasteiger partial charge in [-0.25, -0.2) is 8.42 Å². The number of carbonyl (C=O) groups is 1. The molecule has 0 aliphatic carbocycles. The van der Waals surface area contributed by atoms with E-state index in [9.17, 15) is 18.0 Å². The van der Waals surface area contributed by atoms with Gasteiger partial charge in [0.2, 0.25) is 0 Å². The number of fused-ring (bicyclic) bond motifs is 1. The first-order chi connectivity index (χ1) is 16.9. The van der Waals surface area contributed by atoms with E-state index in [1.54, 1.807) is 24.4 Å². The lowest BCUT2D eigenvalue weighted by Gasteiger charge is -2.17. The van der Waals surface area contributed by atoms with Gasteiger partial charge in [0, 0.05) is 24.5 Å². The van der Waals surface area contributed by atoms with Crippen LogP contribution in [0.15, 0.2) is 63.7 Å². The summed E-state index contributed by atoms with van der Waals surface area (Å²) < 4.78 is 26.9. The number of thiophene rings is 1. The van der Waals surface area contributed by atoms with E-state index in [4.69, 9.17) is 23.2 Å². The second kappa shape index (κ2) is 10.5. The van der Waals surface area contributed by atoms with Gasteiger partial charge < -0.3 is 4.90 Å².